The predicted octanol–water partition coefficient (Wildman–Crippen LogP) is 3.48. The molecule has 2 aromatic rings. The Kier molecular flexibility index (Phi) is 5.94. The van der Waals surface area contributed by atoms with Gasteiger partial charge in [-0.1, -0.05) is 25.5 Å². The summed E-state index contributed by atoms with van der Waals surface area (Å²) in [4.78, 5) is 8.37. The Hall–Kier alpha value is -2.17. The first kappa shape index (κ1) is 15.2. The van der Waals surface area contributed by atoms with E-state index in [1.165, 1.54) is 12.1 Å². The quantitative estimate of drug-likeness (QED) is 0.730. The van der Waals surface area contributed by atoms with E-state index in [0.29, 0.717) is 0 Å². The van der Waals surface area contributed by atoms with Crippen LogP contribution in [0.25, 0.3) is 0 Å². The van der Waals surface area contributed by atoms with Gasteiger partial charge in [-0.05, 0) is 30.5 Å². The predicted molar refractivity (Wildman–Crippen MR) is 84.0 cm³/mol. The maximum absolute atomic E-state index is 12.8. The minimum atomic E-state index is -0.203. The maximum Gasteiger partial charge on any atom is 0.131 e. The minimum Gasteiger partial charge on any atom is -0.370 e. The minimum absolute atomic E-state index is 0.203. The van der Waals surface area contributed by atoms with Gasteiger partial charge in [-0.25, -0.2) is 14.4 Å². The highest BCUT2D eigenvalue weighted by molar-refractivity contribution is 5.46. The van der Waals surface area contributed by atoms with Gasteiger partial charge in [0.15, 0.2) is 0 Å². The van der Waals surface area contributed by atoms with Crippen molar-refractivity contribution in [3.8, 4) is 0 Å². The van der Waals surface area contributed by atoms with Gasteiger partial charge in [0.2, 0.25) is 0 Å². The van der Waals surface area contributed by atoms with Crippen molar-refractivity contribution < 1.29 is 4.39 Å². The average Bonchev–Trinajstić information content (AvgIpc) is 2.50. The summed E-state index contributed by atoms with van der Waals surface area (Å²) in [6.45, 7) is 3.82. The summed E-state index contributed by atoms with van der Waals surface area (Å²) >= 11 is 0. The molecule has 0 aliphatic rings. The fourth-order valence-electron chi connectivity index (χ4n) is 1.93. The summed E-state index contributed by atoms with van der Waals surface area (Å²) in [7, 11) is 0. The molecule has 5 heteroatoms. The second-order valence-electron chi connectivity index (χ2n) is 4.87. The van der Waals surface area contributed by atoms with Crippen LogP contribution in [0, 0.1) is 5.82 Å². The van der Waals surface area contributed by atoms with E-state index in [4.69, 9.17) is 0 Å². The van der Waals surface area contributed by atoms with Crippen LogP contribution in [0.15, 0.2) is 36.7 Å². The number of benzene rings is 1. The molecule has 0 saturated heterocycles. The summed E-state index contributed by atoms with van der Waals surface area (Å²) in [6.07, 6.45) is 4.65. The number of hydrogen-bond acceptors (Lipinski definition) is 4. The van der Waals surface area contributed by atoms with Crippen molar-refractivity contribution in [1.82, 2.24) is 9.97 Å². The molecule has 4 nitrogen and oxygen atoms in total. The highest BCUT2D eigenvalue weighted by Gasteiger charge is 1.99. The molecule has 2 rings (SSSR count). The lowest BCUT2D eigenvalue weighted by atomic mass is 10.1. The molecule has 0 saturated carbocycles. The van der Waals surface area contributed by atoms with Crippen LogP contribution in [0.5, 0.6) is 0 Å². The van der Waals surface area contributed by atoms with Crippen molar-refractivity contribution in [2.24, 2.45) is 0 Å². The van der Waals surface area contributed by atoms with Crippen molar-refractivity contribution in [1.29, 1.82) is 0 Å². The number of nitrogens with zero attached hydrogens (tertiary/aromatic N) is 2. The van der Waals surface area contributed by atoms with Gasteiger partial charge in [0, 0.05) is 19.2 Å². The topological polar surface area (TPSA) is 49.8 Å². The molecule has 0 amide bonds. The Labute approximate surface area is 124 Å². The first-order valence-electron chi connectivity index (χ1n) is 7.32. The molecule has 1 aromatic carbocycles. The number of rotatable bonds is 8. The largest absolute Gasteiger partial charge is 0.370 e. The number of nitrogens with one attached hydrogen (secondary N) is 2. The molecule has 1 heterocycles. The lowest BCUT2D eigenvalue weighted by molar-refractivity contribution is 0.627. The van der Waals surface area contributed by atoms with E-state index in [9.17, 15) is 4.39 Å². The van der Waals surface area contributed by atoms with Crippen LogP contribution in [0.3, 0.4) is 0 Å². The molecule has 0 atom stereocenters. The zero-order chi connectivity index (χ0) is 14.9. The summed E-state index contributed by atoms with van der Waals surface area (Å²) in [6, 6.07) is 8.47. The van der Waals surface area contributed by atoms with E-state index in [-0.39, 0.29) is 5.82 Å². The fraction of sp³-hybridized carbons (Fsp3) is 0.375. The number of unbranched alkanes of at least 4 members (excludes halogenated alkanes) is 1. The average molecular weight is 288 g/mol. The summed E-state index contributed by atoms with van der Waals surface area (Å²) in [5.74, 6) is 1.43. The van der Waals surface area contributed by atoms with Gasteiger partial charge in [0.25, 0.3) is 0 Å². The van der Waals surface area contributed by atoms with Crippen LogP contribution in [0.1, 0.15) is 25.3 Å². The Morgan fingerprint density at radius 2 is 1.67 bits per heavy atom. The zero-order valence-electron chi connectivity index (χ0n) is 12.3. The lowest BCUT2D eigenvalue weighted by Crippen LogP contribution is -2.08. The van der Waals surface area contributed by atoms with E-state index >= 15 is 0 Å². The lowest BCUT2D eigenvalue weighted by Gasteiger charge is -2.08. The second kappa shape index (κ2) is 8.19. The van der Waals surface area contributed by atoms with Crippen LogP contribution in [0.2, 0.25) is 0 Å². The second-order valence-corrected chi connectivity index (χ2v) is 4.87. The summed E-state index contributed by atoms with van der Waals surface area (Å²) < 4.78 is 12.8. The van der Waals surface area contributed by atoms with Crippen molar-refractivity contribution in [3.05, 3.63) is 48.0 Å². The maximum atomic E-state index is 12.8. The third kappa shape index (κ3) is 5.38. The van der Waals surface area contributed by atoms with E-state index in [0.717, 1.165) is 49.6 Å². The molecule has 0 aliphatic heterocycles. The Balaban J connectivity index is 1.79. The van der Waals surface area contributed by atoms with Crippen LogP contribution >= 0.6 is 0 Å². The SMILES string of the molecule is CCCCNc1cc(NCCc2ccc(F)cc2)ncn1. The standard InChI is InChI=1S/C16H21FN4/c1-2-3-9-18-15-11-16(21-12-20-15)19-10-8-13-4-6-14(17)7-5-13/h4-7,11-12H,2-3,8-10H2,1H3,(H2,18,19,20,21). The third-order valence-corrected chi connectivity index (χ3v) is 3.14. The molecule has 2 N–H and O–H groups in total. The van der Waals surface area contributed by atoms with Gasteiger partial charge >= 0.3 is 0 Å². The number of halogens is 1. The van der Waals surface area contributed by atoms with Gasteiger partial charge in [-0.2, -0.15) is 0 Å². The molecular formula is C16H21FN4. The van der Waals surface area contributed by atoms with Crippen LogP contribution < -0.4 is 10.6 Å². The number of anilines is 2. The molecule has 0 unspecified atom stereocenters. The fourth-order valence-corrected chi connectivity index (χ4v) is 1.93. The molecule has 21 heavy (non-hydrogen) atoms. The first-order chi connectivity index (χ1) is 10.3. The smallest absolute Gasteiger partial charge is 0.131 e. The van der Waals surface area contributed by atoms with Gasteiger partial charge in [0.05, 0.1) is 0 Å². The zero-order valence-corrected chi connectivity index (χ0v) is 12.3. The number of hydrogen-bond donors (Lipinski definition) is 2. The van der Waals surface area contributed by atoms with Crippen molar-refractivity contribution in [2.75, 3.05) is 23.7 Å². The van der Waals surface area contributed by atoms with Gasteiger partial charge < -0.3 is 10.6 Å². The molecule has 0 radical (unpaired) electrons. The molecule has 112 valence electrons. The molecule has 0 aliphatic carbocycles. The van der Waals surface area contributed by atoms with Crippen LogP contribution in [0.4, 0.5) is 16.0 Å². The van der Waals surface area contributed by atoms with Crippen molar-refractivity contribution in [2.45, 2.75) is 26.2 Å². The molecular weight excluding hydrogens is 267 g/mol. The summed E-state index contributed by atoms with van der Waals surface area (Å²) in [5.41, 5.74) is 1.10. The molecule has 0 fully saturated rings. The van der Waals surface area contributed by atoms with Crippen molar-refractivity contribution in [3.63, 3.8) is 0 Å². The van der Waals surface area contributed by atoms with E-state index in [2.05, 4.69) is 27.5 Å². The Bertz CT molecular complexity index is 542. The van der Waals surface area contributed by atoms with E-state index in [1.54, 1.807) is 18.5 Å². The van der Waals surface area contributed by atoms with Crippen molar-refractivity contribution >= 4 is 11.6 Å². The summed E-state index contributed by atoms with van der Waals surface area (Å²) in [5, 5.41) is 6.52. The van der Waals surface area contributed by atoms with E-state index in [1.807, 2.05) is 6.07 Å². The normalized spacial score (nSPS) is 10.4. The Morgan fingerprint density at radius 3 is 2.33 bits per heavy atom. The van der Waals surface area contributed by atoms with Gasteiger partial charge in [0.1, 0.15) is 23.8 Å². The number of aromatic nitrogens is 2. The first-order valence-corrected chi connectivity index (χ1v) is 7.32. The molecule has 0 spiro atoms. The van der Waals surface area contributed by atoms with Gasteiger partial charge in [-0.15, -0.1) is 0 Å². The highest BCUT2D eigenvalue weighted by Crippen LogP contribution is 2.09. The van der Waals surface area contributed by atoms with E-state index < -0.39 is 0 Å². The van der Waals surface area contributed by atoms with Gasteiger partial charge in [-0.3, -0.25) is 0 Å². The molecule has 0 bridgehead atoms. The third-order valence-electron chi connectivity index (χ3n) is 3.14. The molecule has 1 aromatic heterocycles. The van der Waals surface area contributed by atoms with Crippen LogP contribution in [-0.2, 0) is 6.42 Å². The Morgan fingerprint density at radius 1 is 1.00 bits per heavy atom. The highest BCUT2D eigenvalue weighted by atomic mass is 19.1. The monoisotopic (exact) mass is 288 g/mol. The van der Waals surface area contributed by atoms with Crippen LogP contribution in [-0.4, -0.2) is 23.1 Å².